The van der Waals surface area contributed by atoms with E-state index in [4.69, 9.17) is 23.2 Å². The maximum atomic E-state index is 14.0. The van der Waals surface area contributed by atoms with Gasteiger partial charge < -0.3 is 10.2 Å². The van der Waals surface area contributed by atoms with Gasteiger partial charge in [-0.2, -0.15) is 0 Å². The summed E-state index contributed by atoms with van der Waals surface area (Å²) in [5.74, 6) is -0.878. The van der Waals surface area contributed by atoms with Crippen molar-refractivity contribution in [2.24, 2.45) is 0 Å². The van der Waals surface area contributed by atoms with Crippen molar-refractivity contribution in [3.8, 4) is 0 Å². The molecule has 1 N–H and O–H groups in total. The molecule has 0 fully saturated rings. The van der Waals surface area contributed by atoms with E-state index in [2.05, 4.69) is 5.32 Å². The molecule has 2 amide bonds. The Kier molecular flexibility index (Phi) is 10.6. The summed E-state index contributed by atoms with van der Waals surface area (Å²) in [5.41, 5.74) is 2.65. The molecular weight excluding hydrogens is 569 g/mol. The van der Waals surface area contributed by atoms with E-state index in [0.717, 1.165) is 27.4 Å². The largest absolute Gasteiger partial charge is 0.352 e. The number of benzene rings is 3. The van der Waals surface area contributed by atoms with Gasteiger partial charge in [0.15, 0.2) is 0 Å². The van der Waals surface area contributed by atoms with Crippen LogP contribution < -0.4 is 9.62 Å². The molecule has 0 aliphatic heterocycles. The monoisotopic (exact) mass is 603 g/mol. The smallest absolute Gasteiger partial charge is 0.264 e. The summed E-state index contributed by atoms with van der Waals surface area (Å²) < 4.78 is 28.8. The van der Waals surface area contributed by atoms with Gasteiger partial charge in [-0.3, -0.25) is 13.9 Å². The van der Waals surface area contributed by atoms with Crippen molar-refractivity contribution < 1.29 is 18.0 Å². The topological polar surface area (TPSA) is 86.8 Å². The Morgan fingerprint density at radius 2 is 1.55 bits per heavy atom. The molecule has 0 aromatic heterocycles. The Hall–Kier alpha value is -3.07. The number of nitrogens with zero attached hydrogens (tertiary/aromatic N) is 2. The molecule has 3 aromatic rings. The van der Waals surface area contributed by atoms with Crippen LogP contribution >= 0.6 is 23.2 Å². The first-order valence-electron chi connectivity index (χ1n) is 13.0. The fourth-order valence-electron chi connectivity index (χ4n) is 3.94. The summed E-state index contributed by atoms with van der Waals surface area (Å²) in [4.78, 5) is 28.5. The molecule has 0 saturated heterocycles. The predicted molar refractivity (Wildman–Crippen MR) is 161 cm³/mol. The van der Waals surface area contributed by atoms with Crippen LogP contribution in [0.3, 0.4) is 0 Å². The first kappa shape index (κ1) is 31.5. The highest BCUT2D eigenvalue weighted by Gasteiger charge is 2.33. The zero-order chi connectivity index (χ0) is 29.6. The average Bonchev–Trinajstić information content (AvgIpc) is 2.92. The molecule has 0 saturated carbocycles. The van der Waals surface area contributed by atoms with E-state index in [1.807, 2.05) is 27.7 Å². The Bertz CT molecular complexity index is 1440. The number of aryl methyl sites for hydroxylation is 2. The molecule has 0 bridgehead atoms. The average molecular weight is 605 g/mol. The van der Waals surface area contributed by atoms with Gasteiger partial charge in [0.2, 0.25) is 11.8 Å². The number of hydrogen-bond acceptors (Lipinski definition) is 4. The third kappa shape index (κ3) is 7.77. The molecule has 10 heteroatoms. The fourth-order valence-corrected chi connectivity index (χ4v) is 5.64. The third-order valence-corrected chi connectivity index (χ3v) is 9.21. The lowest BCUT2D eigenvalue weighted by atomic mass is 10.1. The molecule has 0 radical (unpaired) electrons. The minimum absolute atomic E-state index is 0.0365. The van der Waals surface area contributed by atoms with Gasteiger partial charge in [0.1, 0.15) is 12.6 Å². The summed E-state index contributed by atoms with van der Waals surface area (Å²) in [7, 11) is -4.17. The number of carbonyl (C=O) groups is 2. The van der Waals surface area contributed by atoms with Gasteiger partial charge in [0, 0.05) is 22.6 Å². The summed E-state index contributed by atoms with van der Waals surface area (Å²) in [6.45, 7) is 8.68. The third-order valence-electron chi connectivity index (χ3n) is 6.77. The molecule has 7 nitrogen and oxygen atoms in total. The van der Waals surface area contributed by atoms with Crippen molar-refractivity contribution in [2.45, 2.75) is 64.6 Å². The van der Waals surface area contributed by atoms with Crippen LogP contribution in [0.5, 0.6) is 0 Å². The van der Waals surface area contributed by atoms with Crippen LogP contribution in [0.2, 0.25) is 10.0 Å². The minimum atomic E-state index is -4.17. The second-order valence-corrected chi connectivity index (χ2v) is 12.6. The van der Waals surface area contributed by atoms with Gasteiger partial charge in [-0.05, 0) is 81.6 Å². The van der Waals surface area contributed by atoms with Gasteiger partial charge in [-0.25, -0.2) is 8.42 Å². The van der Waals surface area contributed by atoms with Crippen LogP contribution in [0.15, 0.2) is 71.6 Å². The Labute approximate surface area is 247 Å². The van der Waals surface area contributed by atoms with Gasteiger partial charge >= 0.3 is 0 Å². The molecule has 0 aliphatic carbocycles. The molecule has 0 aliphatic rings. The normalized spacial score (nSPS) is 12.9. The summed E-state index contributed by atoms with van der Waals surface area (Å²) in [5, 5.41) is 3.82. The SMILES string of the molecule is CC[C@@H](C)NC(=O)[C@H](C)N(Cc1ccc(Cl)cc1)C(=O)CN(c1ccc(C)c(Cl)c1)S(=O)(=O)c1ccc(C)cc1. The second-order valence-electron chi connectivity index (χ2n) is 9.90. The van der Waals surface area contributed by atoms with E-state index >= 15 is 0 Å². The Morgan fingerprint density at radius 1 is 0.925 bits per heavy atom. The Morgan fingerprint density at radius 3 is 2.12 bits per heavy atom. The highest BCUT2D eigenvalue weighted by Crippen LogP contribution is 2.29. The predicted octanol–water partition coefficient (Wildman–Crippen LogP) is 6.14. The van der Waals surface area contributed by atoms with Crippen LogP contribution in [0.4, 0.5) is 5.69 Å². The lowest BCUT2D eigenvalue weighted by molar-refractivity contribution is -0.139. The lowest BCUT2D eigenvalue weighted by Gasteiger charge is -2.32. The lowest BCUT2D eigenvalue weighted by Crippen LogP contribution is -2.52. The Balaban J connectivity index is 2.04. The first-order valence-corrected chi connectivity index (χ1v) is 15.2. The van der Waals surface area contributed by atoms with Crippen LogP contribution in [0, 0.1) is 13.8 Å². The molecular formula is C30H35Cl2N3O4S. The first-order chi connectivity index (χ1) is 18.8. The molecule has 0 heterocycles. The number of amides is 2. The fraction of sp³-hybridized carbons (Fsp3) is 0.333. The highest BCUT2D eigenvalue weighted by atomic mass is 35.5. The van der Waals surface area contributed by atoms with E-state index in [1.54, 1.807) is 55.5 Å². The van der Waals surface area contributed by atoms with Gasteiger partial charge in [-0.1, -0.05) is 66.0 Å². The summed E-state index contributed by atoms with van der Waals surface area (Å²) in [6.07, 6.45) is 0.723. The number of hydrogen-bond donors (Lipinski definition) is 1. The maximum Gasteiger partial charge on any atom is 0.264 e. The second kappa shape index (κ2) is 13.5. The van der Waals surface area contributed by atoms with Crippen molar-refractivity contribution in [3.63, 3.8) is 0 Å². The molecule has 3 aromatic carbocycles. The molecule has 0 unspecified atom stereocenters. The van der Waals surface area contributed by atoms with E-state index in [1.165, 1.54) is 23.1 Å². The molecule has 40 heavy (non-hydrogen) atoms. The standard InChI is InChI=1S/C30H35Cl2N3O4S/c1-6-22(4)33-30(37)23(5)34(18-24-10-12-25(31)13-11-24)29(36)19-35(26-14-9-21(3)28(32)17-26)40(38,39)27-15-7-20(2)8-16-27/h7-17,22-23H,6,18-19H2,1-5H3,(H,33,37)/t22-,23+/m1/s1. The number of sulfonamides is 1. The number of nitrogens with one attached hydrogen (secondary N) is 1. The van der Waals surface area contributed by atoms with Gasteiger partial charge in [-0.15, -0.1) is 0 Å². The van der Waals surface area contributed by atoms with E-state index in [9.17, 15) is 18.0 Å². The number of rotatable bonds is 11. The van der Waals surface area contributed by atoms with Crippen molar-refractivity contribution in [1.82, 2.24) is 10.2 Å². The number of anilines is 1. The maximum absolute atomic E-state index is 14.0. The van der Waals surface area contributed by atoms with E-state index in [0.29, 0.717) is 10.0 Å². The van der Waals surface area contributed by atoms with Crippen LogP contribution in [0.1, 0.15) is 43.9 Å². The van der Waals surface area contributed by atoms with Crippen LogP contribution in [0.25, 0.3) is 0 Å². The zero-order valence-electron chi connectivity index (χ0n) is 23.3. The van der Waals surface area contributed by atoms with Crippen molar-refractivity contribution in [3.05, 3.63) is 93.5 Å². The molecule has 0 spiro atoms. The quantitative estimate of drug-likeness (QED) is 0.285. The number of halogens is 2. The molecule has 3 rings (SSSR count). The van der Waals surface area contributed by atoms with Crippen LogP contribution in [-0.4, -0.2) is 43.8 Å². The molecule has 2 atom stereocenters. The molecule has 214 valence electrons. The van der Waals surface area contributed by atoms with E-state index in [-0.39, 0.29) is 29.1 Å². The van der Waals surface area contributed by atoms with Crippen molar-refractivity contribution in [1.29, 1.82) is 0 Å². The van der Waals surface area contributed by atoms with E-state index < -0.39 is 28.5 Å². The highest BCUT2D eigenvalue weighted by molar-refractivity contribution is 7.92. The van der Waals surface area contributed by atoms with Gasteiger partial charge in [0.05, 0.1) is 10.6 Å². The minimum Gasteiger partial charge on any atom is -0.352 e. The number of carbonyl (C=O) groups excluding carboxylic acids is 2. The van der Waals surface area contributed by atoms with Crippen molar-refractivity contribution >= 4 is 50.7 Å². The zero-order valence-corrected chi connectivity index (χ0v) is 25.6. The summed E-state index contributed by atoms with van der Waals surface area (Å²) in [6, 6.07) is 17.2. The van der Waals surface area contributed by atoms with Crippen LogP contribution in [-0.2, 0) is 26.2 Å². The van der Waals surface area contributed by atoms with Crippen molar-refractivity contribution in [2.75, 3.05) is 10.8 Å². The summed E-state index contributed by atoms with van der Waals surface area (Å²) >= 11 is 12.4. The van der Waals surface area contributed by atoms with Gasteiger partial charge in [0.25, 0.3) is 10.0 Å².